The summed E-state index contributed by atoms with van der Waals surface area (Å²) in [7, 11) is 1.29. The molecular formula is C22H23FN4O4S2. The van der Waals surface area contributed by atoms with Crippen molar-refractivity contribution in [2.45, 2.75) is 19.0 Å². The van der Waals surface area contributed by atoms with Gasteiger partial charge in [-0.05, 0) is 30.2 Å². The average molecular weight is 491 g/mol. The molecule has 3 heterocycles. The SMILES string of the molecule is COC(=O)C1=C(CN2CCSC[C@H]2C(=O)O)NC(c2nccs2)=N[C@H]1c1ccc(F)cc1C. The Labute approximate surface area is 198 Å². The van der Waals surface area contributed by atoms with Gasteiger partial charge >= 0.3 is 11.9 Å². The molecular weight excluding hydrogens is 467 g/mol. The number of amidine groups is 1. The Bertz CT molecular complexity index is 1120. The first-order valence-corrected chi connectivity index (χ1v) is 12.3. The normalized spacial score (nSPS) is 21.4. The van der Waals surface area contributed by atoms with Crippen LogP contribution in [0.2, 0.25) is 0 Å². The highest BCUT2D eigenvalue weighted by Gasteiger charge is 2.36. The molecule has 1 aromatic heterocycles. The van der Waals surface area contributed by atoms with Crippen LogP contribution in [0.1, 0.15) is 22.2 Å². The van der Waals surface area contributed by atoms with E-state index in [1.807, 2.05) is 10.3 Å². The minimum absolute atomic E-state index is 0.198. The van der Waals surface area contributed by atoms with Crippen molar-refractivity contribution in [1.82, 2.24) is 15.2 Å². The fraction of sp³-hybridized carbons (Fsp3) is 0.364. The van der Waals surface area contributed by atoms with Crippen molar-refractivity contribution in [1.29, 1.82) is 0 Å². The Balaban J connectivity index is 1.83. The van der Waals surface area contributed by atoms with Gasteiger partial charge < -0.3 is 15.2 Å². The standard InChI is InChI=1S/C22H23FN4O4S2/c1-12-9-13(23)3-4-14(12)18-17(22(30)31-2)15(25-19(26-18)20-24-5-7-33-20)10-27-6-8-32-11-16(27)21(28)29/h3-5,7,9,16,18H,6,8,10-11H2,1-2H3,(H,25,26)(H,28,29)/t16-,18-/m0/s1. The number of hydrogen-bond donors (Lipinski definition) is 2. The molecule has 174 valence electrons. The lowest BCUT2D eigenvalue weighted by Gasteiger charge is -2.35. The number of aliphatic carboxylic acids is 1. The maximum absolute atomic E-state index is 13.8. The van der Waals surface area contributed by atoms with Crippen LogP contribution in [0.4, 0.5) is 4.39 Å². The van der Waals surface area contributed by atoms with Gasteiger partial charge in [0.1, 0.15) is 17.9 Å². The van der Waals surface area contributed by atoms with E-state index in [0.717, 1.165) is 5.75 Å². The minimum atomic E-state index is -0.905. The fourth-order valence-corrected chi connectivity index (χ4v) is 5.64. The molecule has 0 aliphatic carbocycles. The zero-order chi connectivity index (χ0) is 23.5. The van der Waals surface area contributed by atoms with Crippen molar-refractivity contribution in [2.75, 3.05) is 31.7 Å². The van der Waals surface area contributed by atoms with Crippen molar-refractivity contribution >= 4 is 40.9 Å². The first-order valence-electron chi connectivity index (χ1n) is 10.3. The van der Waals surface area contributed by atoms with E-state index in [-0.39, 0.29) is 17.9 Å². The largest absolute Gasteiger partial charge is 0.480 e. The number of esters is 1. The second kappa shape index (κ2) is 10.0. The lowest BCUT2D eigenvalue weighted by Crippen LogP contribution is -2.50. The number of ether oxygens (including phenoxy) is 1. The summed E-state index contributed by atoms with van der Waals surface area (Å²) in [6.07, 6.45) is 1.66. The number of halogens is 1. The molecule has 2 aliphatic heterocycles. The Hall–Kier alpha value is -2.76. The third-order valence-corrected chi connectivity index (χ3v) is 7.38. The molecule has 0 saturated carbocycles. The third kappa shape index (κ3) is 4.94. The number of thioether (sulfide) groups is 1. The minimum Gasteiger partial charge on any atom is -0.480 e. The van der Waals surface area contributed by atoms with Crippen molar-refractivity contribution in [3.05, 3.63) is 63.0 Å². The van der Waals surface area contributed by atoms with E-state index in [4.69, 9.17) is 9.73 Å². The number of carboxylic acids is 1. The summed E-state index contributed by atoms with van der Waals surface area (Å²) < 4.78 is 18.9. The smallest absolute Gasteiger partial charge is 0.338 e. The number of rotatable bonds is 6. The van der Waals surface area contributed by atoms with Crippen LogP contribution in [0.15, 0.2) is 46.0 Å². The second-order valence-corrected chi connectivity index (χ2v) is 9.67. The molecule has 0 bridgehead atoms. The molecule has 4 rings (SSSR count). The number of nitrogens with zero attached hydrogens (tertiary/aromatic N) is 3. The Morgan fingerprint density at radius 2 is 2.21 bits per heavy atom. The summed E-state index contributed by atoms with van der Waals surface area (Å²) in [4.78, 5) is 35.8. The molecule has 2 aliphatic rings. The first-order chi connectivity index (χ1) is 15.9. The molecule has 0 amide bonds. The fourth-order valence-electron chi connectivity index (χ4n) is 3.95. The van der Waals surface area contributed by atoms with Gasteiger partial charge in [-0.15, -0.1) is 11.3 Å². The van der Waals surface area contributed by atoms with Gasteiger partial charge in [0.15, 0.2) is 10.8 Å². The van der Waals surface area contributed by atoms with Crippen LogP contribution in [0.3, 0.4) is 0 Å². The van der Waals surface area contributed by atoms with Crippen LogP contribution in [-0.4, -0.2) is 70.5 Å². The van der Waals surface area contributed by atoms with E-state index < -0.39 is 24.0 Å². The molecule has 0 unspecified atom stereocenters. The number of thiazole rings is 1. The Kier molecular flexibility index (Phi) is 7.11. The summed E-state index contributed by atoms with van der Waals surface area (Å²) >= 11 is 2.98. The zero-order valence-electron chi connectivity index (χ0n) is 18.1. The van der Waals surface area contributed by atoms with Crippen LogP contribution in [-0.2, 0) is 14.3 Å². The monoisotopic (exact) mass is 490 g/mol. The predicted molar refractivity (Wildman–Crippen MR) is 125 cm³/mol. The van der Waals surface area contributed by atoms with Gasteiger partial charge in [-0.3, -0.25) is 14.7 Å². The van der Waals surface area contributed by atoms with E-state index in [9.17, 15) is 19.1 Å². The molecule has 2 N–H and O–H groups in total. The molecule has 2 atom stereocenters. The predicted octanol–water partition coefficient (Wildman–Crippen LogP) is 2.61. The first kappa shape index (κ1) is 23.4. The van der Waals surface area contributed by atoms with Crippen LogP contribution < -0.4 is 5.32 Å². The topological polar surface area (TPSA) is 104 Å². The highest BCUT2D eigenvalue weighted by Crippen LogP contribution is 2.35. The van der Waals surface area contributed by atoms with Gasteiger partial charge in [-0.2, -0.15) is 11.8 Å². The van der Waals surface area contributed by atoms with E-state index >= 15 is 0 Å². The van der Waals surface area contributed by atoms with Gasteiger partial charge in [-0.25, -0.2) is 14.2 Å². The summed E-state index contributed by atoms with van der Waals surface area (Å²) in [6, 6.07) is 2.91. The van der Waals surface area contributed by atoms with Gasteiger partial charge in [0.05, 0.1) is 12.7 Å². The molecule has 33 heavy (non-hydrogen) atoms. The summed E-state index contributed by atoms with van der Waals surface area (Å²) in [5, 5.41) is 15.4. The van der Waals surface area contributed by atoms with Crippen molar-refractivity contribution < 1.29 is 23.8 Å². The van der Waals surface area contributed by atoms with Crippen LogP contribution >= 0.6 is 23.1 Å². The van der Waals surface area contributed by atoms with Gasteiger partial charge in [0, 0.05) is 41.9 Å². The van der Waals surface area contributed by atoms with Crippen LogP contribution in [0.5, 0.6) is 0 Å². The molecule has 1 saturated heterocycles. The summed E-state index contributed by atoms with van der Waals surface area (Å²) in [5.41, 5.74) is 2.08. The molecule has 1 aromatic carbocycles. The number of carboxylic acid groups (broad SMARTS) is 1. The van der Waals surface area contributed by atoms with Crippen molar-refractivity contribution in [3.8, 4) is 0 Å². The van der Waals surface area contributed by atoms with E-state index in [1.165, 1.54) is 30.6 Å². The zero-order valence-corrected chi connectivity index (χ0v) is 19.7. The molecule has 0 spiro atoms. The highest BCUT2D eigenvalue weighted by atomic mass is 32.2. The van der Waals surface area contributed by atoms with E-state index in [1.54, 1.807) is 30.9 Å². The van der Waals surface area contributed by atoms with Gasteiger partial charge in [-0.1, -0.05) is 6.07 Å². The third-order valence-electron chi connectivity index (χ3n) is 5.58. The van der Waals surface area contributed by atoms with Gasteiger partial charge in [0.2, 0.25) is 0 Å². The maximum Gasteiger partial charge on any atom is 0.338 e. The average Bonchev–Trinajstić information content (AvgIpc) is 3.33. The number of carbonyl (C=O) groups is 2. The lowest BCUT2D eigenvalue weighted by molar-refractivity contribution is -0.142. The Morgan fingerprint density at radius 1 is 1.39 bits per heavy atom. The van der Waals surface area contributed by atoms with Crippen LogP contribution in [0, 0.1) is 12.7 Å². The number of benzene rings is 1. The number of nitrogens with one attached hydrogen (secondary N) is 1. The molecule has 2 aromatic rings. The number of aliphatic imine (C=N–C) groups is 1. The lowest BCUT2D eigenvalue weighted by atomic mass is 9.92. The second-order valence-electron chi connectivity index (χ2n) is 7.63. The van der Waals surface area contributed by atoms with E-state index in [2.05, 4.69) is 10.3 Å². The summed E-state index contributed by atoms with van der Waals surface area (Å²) in [5.74, 6) is -0.139. The summed E-state index contributed by atoms with van der Waals surface area (Å²) in [6.45, 7) is 2.52. The highest BCUT2D eigenvalue weighted by molar-refractivity contribution is 7.99. The quantitative estimate of drug-likeness (QED) is 0.596. The molecule has 1 fully saturated rings. The number of methoxy groups -OCH3 is 1. The number of carbonyl (C=O) groups excluding carboxylic acids is 1. The van der Waals surface area contributed by atoms with Gasteiger partial charge in [0.25, 0.3) is 0 Å². The molecule has 0 radical (unpaired) electrons. The maximum atomic E-state index is 13.8. The van der Waals surface area contributed by atoms with Crippen molar-refractivity contribution in [2.24, 2.45) is 4.99 Å². The number of hydrogen-bond acceptors (Lipinski definition) is 9. The number of aryl methyl sites for hydroxylation is 1. The van der Waals surface area contributed by atoms with E-state index in [0.29, 0.717) is 40.0 Å². The Morgan fingerprint density at radius 3 is 2.88 bits per heavy atom. The molecule has 8 nitrogen and oxygen atoms in total. The van der Waals surface area contributed by atoms with Crippen LogP contribution in [0.25, 0.3) is 0 Å². The molecule has 11 heteroatoms. The van der Waals surface area contributed by atoms with Crippen molar-refractivity contribution in [3.63, 3.8) is 0 Å². The number of aromatic nitrogens is 1.